The van der Waals surface area contributed by atoms with Gasteiger partial charge in [-0.15, -0.1) is 0 Å². The predicted octanol–water partition coefficient (Wildman–Crippen LogP) is 6.92. The molecule has 0 aliphatic carbocycles. The molecule has 2 aromatic carbocycles. The van der Waals surface area contributed by atoms with Crippen molar-refractivity contribution in [1.29, 1.82) is 0 Å². The summed E-state index contributed by atoms with van der Waals surface area (Å²) in [6.07, 6.45) is 4.91. The molecule has 3 heterocycles. The fourth-order valence-corrected chi connectivity index (χ4v) is 4.34. The van der Waals surface area contributed by atoms with Gasteiger partial charge >= 0.3 is 35.3 Å². The number of likely N-dealkylation sites (tertiary alicyclic amines) is 1. The van der Waals surface area contributed by atoms with E-state index in [1.54, 1.807) is 31.4 Å². The number of benzene rings is 2. The topological polar surface area (TPSA) is 142 Å². The Morgan fingerprint density at radius 2 is 1.76 bits per heavy atom. The van der Waals surface area contributed by atoms with Gasteiger partial charge in [-0.05, 0) is 63.5 Å². The van der Waals surface area contributed by atoms with Gasteiger partial charge in [0.15, 0.2) is 23.1 Å². The number of aromatic nitrogens is 3. The molecule has 13 heteroatoms. The van der Waals surface area contributed by atoms with E-state index < -0.39 is 22.3 Å². The van der Waals surface area contributed by atoms with E-state index in [4.69, 9.17) is 33.0 Å². The Morgan fingerprint density at radius 3 is 2.47 bits per heavy atom. The van der Waals surface area contributed by atoms with Gasteiger partial charge < -0.3 is 36.4 Å². The Kier molecular flexibility index (Phi) is 13.0. The van der Waals surface area contributed by atoms with Gasteiger partial charge in [0.25, 0.3) is 0 Å². The molecule has 4 aromatic rings. The molecule has 0 amide bonds. The van der Waals surface area contributed by atoms with Crippen LogP contribution in [0.15, 0.2) is 36.7 Å². The molecule has 0 saturated carbocycles. The second-order valence-electron chi connectivity index (χ2n) is 8.39. The number of hydrogen-bond acceptors (Lipinski definition) is 8. The van der Waals surface area contributed by atoms with Gasteiger partial charge in [-0.1, -0.05) is 0 Å². The van der Waals surface area contributed by atoms with E-state index in [-0.39, 0.29) is 23.9 Å². The van der Waals surface area contributed by atoms with E-state index in [0.717, 1.165) is 24.2 Å². The number of hydrogen-bond donors (Lipinski definition) is 3. The first kappa shape index (κ1) is 32.0. The first-order chi connectivity index (χ1) is 17.5. The zero-order valence-electron chi connectivity index (χ0n) is 21.3. The Balaban J connectivity index is 0.000000969. The van der Waals surface area contributed by atoms with Crippen molar-refractivity contribution in [3.63, 3.8) is 0 Å². The van der Waals surface area contributed by atoms with Gasteiger partial charge in [-0.2, -0.15) is 0 Å². The second kappa shape index (κ2) is 15.4. The summed E-state index contributed by atoms with van der Waals surface area (Å²) in [5.74, 6) is 1.09. The van der Waals surface area contributed by atoms with Crippen molar-refractivity contribution < 1.29 is 35.1 Å². The number of nitrogens with one attached hydrogen (secondary N) is 1. The Hall–Kier alpha value is -2.20. The van der Waals surface area contributed by atoms with Crippen molar-refractivity contribution in [2.75, 3.05) is 33.4 Å². The molecule has 7 N–H and O–H groups in total. The van der Waals surface area contributed by atoms with Crippen molar-refractivity contribution in [3.05, 3.63) is 48.2 Å². The van der Waals surface area contributed by atoms with Crippen LogP contribution in [-0.2, 0) is 16.5 Å². The van der Waals surface area contributed by atoms with Crippen LogP contribution in [0.5, 0.6) is 23.1 Å². The second-order valence-corrected chi connectivity index (χ2v) is 11.7. The average Bonchev–Trinajstić information content (AvgIpc) is 3.53. The van der Waals surface area contributed by atoms with Crippen LogP contribution >= 0.6 is 18.8 Å². The van der Waals surface area contributed by atoms with E-state index in [9.17, 15) is 0 Å². The average molecular weight is 751 g/mol. The van der Waals surface area contributed by atoms with Crippen molar-refractivity contribution in [3.8, 4) is 23.1 Å². The molecule has 9 nitrogen and oxygen atoms in total. The van der Waals surface area contributed by atoms with Crippen LogP contribution in [-0.4, -0.2) is 53.2 Å². The molecular formula is C25H33Cl2FN6O3Pt. The Morgan fingerprint density at radius 1 is 1.03 bits per heavy atom. The monoisotopic (exact) mass is 749 g/mol. The van der Waals surface area contributed by atoms with Gasteiger partial charge in [0, 0.05) is 29.2 Å². The van der Waals surface area contributed by atoms with Crippen LogP contribution < -0.4 is 26.5 Å². The van der Waals surface area contributed by atoms with E-state index in [2.05, 4.69) is 19.9 Å². The molecule has 38 heavy (non-hydrogen) atoms. The van der Waals surface area contributed by atoms with Gasteiger partial charge in [-0.25, -0.2) is 14.4 Å². The maximum absolute atomic E-state index is 15.0. The molecule has 2 aromatic heterocycles. The molecule has 5 rings (SSSR count). The number of nitrogens with zero attached hydrogens (tertiary/aromatic N) is 3. The zero-order valence-corrected chi connectivity index (χ0v) is 25.1. The fourth-order valence-electron chi connectivity index (χ4n) is 4.34. The van der Waals surface area contributed by atoms with Gasteiger partial charge in [0.2, 0.25) is 5.88 Å². The summed E-state index contributed by atoms with van der Waals surface area (Å²) in [4.78, 5) is 14.2. The summed E-state index contributed by atoms with van der Waals surface area (Å²) in [5.41, 5.74) is 2.23. The summed E-state index contributed by atoms with van der Waals surface area (Å²) in [6.45, 7) is 5.86. The molecule has 212 valence electrons. The number of halogens is 3. The molecule has 1 aliphatic heterocycles. The van der Waals surface area contributed by atoms with Crippen LogP contribution in [0.25, 0.3) is 21.8 Å². The Bertz CT molecular complexity index is 1320. The molecule has 1 fully saturated rings. The van der Waals surface area contributed by atoms with Gasteiger partial charge in [0.1, 0.15) is 6.33 Å². The van der Waals surface area contributed by atoms with Crippen molar-refractivity contribution in [2.45, 2.75) is 26.2 Å². The SMILES string of the molecule is COc1cc2c(Oc3ccc4[nH]c(C)cc4c3F)ncnc2cc1OCCCN1CCCC1.N.N.[Cl][Pt][Cl]. The predicted molar refractivity (Wildman–Crippen MR) is 147 cm³/mol. The van der Waals surface area contributed by atoms with Crippen LogP contribution in [0.3, 0.4) is 0 Å². The maximum atomic E-state index is 15.0. The summed E-state index contributed by atoms with van der Waals surface area (Å²) >= 11 is -0.472. The van der Waals surface area contributed by atoms with E-state index >= 15 is 4.39 Å². The summed E-state index contributed by atoms with van der Waals surface area (Å²) < 4.78 is 32.5. The van der Waals surface area contributed by atoms with E-state index in [1.165, 1.54) is 32.3 Å². The van der Waals surface area contributed by atoms with Gasteiger partial charge in [-0.3, -0.25) is 0 Å². The zero-order chi connectivity index (χ0) is 25.5. The normalized spacial score (nSPS) is 13.0. The fraction of sp³-hybridized carbons (Fsp3) is 0.360. The van der Waals surface area contributed by atoms with Crippen LogP contribution in [0.2, 0.25) is 0 Å². The van der Waals surface area contributed by atoms with Crippen LogP contribution in [0.4, 0.5) is 4.39 Å². The molecule has 0 unspecified atom stereocenters. The third kappa shape index (κ3) is 7.68. The molecule has 1 saturated heterocycles. The minimum atomic E-state index is -0.472. The third-order valence-corrected chi connectivity index (χ3v) is 6.00. The standard InChI is InChI=1S/C25H27FN4O3.2ClH.2H3N.Pt/c1-16-12-17-19(29-16)6-7-21(24(17)26)33-25-18-13-22(31-2)23(14-20(18)27-15-28-25)32-11-5-10-30-8-3-4-9-30;;;;;/h6-7,12-15,29H,3-5,8-11H2,1-2H3;2*1H;2*1H3;/q;;;;;+2/p-2. The molecule has 0 radical (unpaired) electrons. The van der Waals surface area contributed by atoms with Gasteiger partial charge in [0.05, 0.1) is 24.6 Å². The van der Waals surface area contributed by atoms with Crippen molar-refractivity contribution in [1.82, 2.24) is 32.2 Å². The summed E-state index contributed by atoms with van der Waals surface area (Å²) in [6, 6.07) is 8.73. The number of aromatic amines is 1. The van der Waals surface area contributed by atoms with E-state index in [1.807, 2.05) is 13.0 Å². The number of fused-ring (bicyclic) bond motifs is 2. The van der Waals surface area contributed by atoms with Crippen LogP contribution in [0.1, 0.15) is 25.0 Å². The van der Waals surface area contributed by atoms with Crippen LogP contribution in [0, 0.1) is 12.7 Å². The first-order valence-corrected chi connectivity index (χ1v) is 17.1. The molecule has 0 spiro atoms. The van der Waals surface area contributed by atoms with Crippen molar-refractivity contribution in [2.24, 2.45) is 0 Å². The molecule has 0 atom stereocenters. The molecule has 1 aliphatic rings. The number of ether oxygens (including phenoxy) is 3. The number of aryl methyl sites for hydroxylation is 1. The summed E-state index contributed by atoms with van der Waals surface area (Å²) in [5, 5.41) is 1.09. The summed E-state index contributed by atoms with van der Waals surface area (Å²) in [7, 11) is 11.3. The molecular weight excluding hydrogens is 717 g/mol. The number of rotatable bonds is 8. The number of H-pyrrole nitrogens is 1. The minimum absolute atomic E-state index is 0. The molecule has 0 bridgehead atoms. The number of methoxy groups -OCH3 is 1. The quantitative estimate of drug-likeness (QED) is 0.165. The van der Waals surface area contributed by atoms with E-state index in [0.29, 0.717) is 34.4 Å². The first-order valence-electron chi connectivity index (χ1n) is 11.5. The Labute approximate surface area is 237 Å². The van der Waals surface area contributed by atoms with Crippen molar-refractivity contribution >= 4 is 40.6 Å². The third-order valence-electron chi connectivity index (χ3n) is 6.00.